The molecule has 0 spiro atoms. The Morgan fingerprint density at radius 1 is 1.07 bits per heavy atom. The molecule has 5 fully saturated rings. The van der Waals surface area contributed by atoms with Gasteiger partial charge >= 0.3 is 0 Å². The van der Waals surface area contributed by atoms with Crippen molar-refractivity contribution in [3.8, 4) is 0 Å². The molecule has 4 heteroatoms. The van der Waals surface area contributed by atoms with E-state index in [-0.39, 0.29) is 17.8 Å². The van der Waals surface area contributed by atoms with E-state index in [4.69, 9.17) is 14.2 Å². The SMILES string of the molecule is C[C@H](C1OCCO1)[C@H]1CCC2C3C(CC[C@@]21C)[C@@]1(C)CCC(=O)C=C1[C@H]1O[C@@H]31. The van der Waals surface area contributed by atoms with Gasteiger partial charge in [-0.25, -0.2) is 0 Å². The number of hydrogen-bond donors (Lipinski definition) is 0. The second kappa shape index (κ2) is 5.92. The van der Waals surface area contributed by atoms with Crippen LogP contribution in [0.15, 0.2) is 11.6 Å². The predicted octanol–water partition coefficient (Wildman–Crippen LogP) is 4.13. The van der Waals surface area contributed by atoms with Crippen molar-refractivity contribution in [2.45, 2.75) is 77.8 Å². The van der Waals surface area contributed by atoms with E-state index in [0.717, 1.165) is 32.0 Å². The Labute approximate surface area is 168 Å². The third kappa shape index (κ3) is 2.26. The van der Waals surface area contributed by atoms with Crippen LogP contribution in [0.25, 0.3) is 0 Å². The smallest absolute Gasteiger partial charge is 0.160 e. The molecule has 9 atom stereocenters. The number of rotatable bonds is 2. The highest BCUT2D eigenvalue weighted by Crippen LogP contribution is 2.70. The Balaban J connectivity index is 1.31. The molecular weight excluding hydrogens is 352 g/mol. The lowest BCUT2D eigenvalue weighted by atomic mass is 9.46. The topological polar surface area (TPSA) is 48.1 Å². The van der Waals surface area contributed by atoms with Gasteiger partial charge in [0.15, 0.2) is 12.1 Å². The van der Waals surface area contributed by atoms with Gasteiger partial charge < -0.3 is 14.2 Å². The minimum atomic E-state index is -0.00834. The van der Waals surface area contributed by atoms with Gasteiger partial charge in [-0.1, -0.05) is 20.8 Å². The number of ether oxygens (including phenoxy) is 3. The molecule has 28 heavy (non-hydrogen) atoms. The first-order valence-electron chi connectivity index (χ1n) is 11.6. The molecule has 0 aromatic rings. The Bertz CT molecular complexity index is 724. The van der Waals surface area contributed by atoms with Crippen molar-refractivity contribution in [2.75, 3.05) is 13.2 Å². The van der Waals surface area contributed by atoms with E-state index in [1.807, 2.05) is 6.08 Å². The fraction of sp³-hybridized carbons (Fsp3) is 0.875. The molecule has 3 unspecified atom stereocenters. The van der Waals surface area contributed by atoms with Crippen molar-refractivity contribution in [3.63, 3.8) is 0 Å². The first-order chi connectivity index (χ1) is 13.4. The van der Waals surface area contributed by atoms with Crippen LogP contribution < -0.4 is 0 Å². The third-order valence-corrected chi connectivity index (χ3v) is 10.0. The standard InChI is InChI=1S/C24H34O4/c1-13(22-26-10-11-27-22)15-4-5-16-19-17(7-9-23(15,16)2)24(3)8-6-14(25)12-18(24)20-21(19)28-20/h12-13,15-17,19-22H,4-11H2,1-3H3/t13-,15+,16?,17?,19?,20+,21-,23+,24+/m0/s1. The summed E-state index contributed by atoms with van der Waals surface area (Å²) in [6.45, 7) is 8.85. The zero-order chi connectivity index (χ0) is 19.3. The highest BCUT2D eigenvalue weighted by Gasteiger charge is 2.69. The van der Waals surface area contributed by atoms with Gasteiger partial charge in [-0.15, -0.1) is 0 Å². The molecule has 2 aliphatic heterocycles. The van der Waals surface area contributed by atoms with Gasteiger partial charge in [-0.05, 0) is 78.3 Å². The van der Waals surface area contributed by atoms with Gasteiger partial charge in [0.05, 0.1) is 19.3 Å². The van der Waals surface area contributed by atoms with Crippen molar-refractivity contribution in [2.24, 2.45) is 40.4 Å². The van der Waals surface area contributed by atoms with Crippen LogP contribution >= 0.6 is 0 Å². The quantitative estimate of drug-likeness (QED) is 0.670. The molecule has 2 heterocycles. The van der Waals surface area contributed by atoms with Crippen molar-refractivity contribution in [1.29, 1.82) is 0 Å². The number of fused-ring (bicyclic) bond motifs is 8. The minimum Gasteiger partial charge on any atom is -0.365 e. The van der Waals surface area contributed by atoms with Gasteiger partial charge in [0, 0.05) is 12.3 Å². The third-order valence-electron chi connectivity index (χ3n) is 10.0. The molecule has 0 bridgehead atoms. The predicted molar refractivity (Wildman–Crippen MR) is 104 cm³/mol. The number of epoxide rings is 1. The second-order valence-corrected chi connectivity index (χ2v) is 11.0. The van der Waals surface area contributed by atoms with Gasteiger partial charge in [0.1, 0.15) is 6.10 Å². The average Bonchev–Trinajstić information content (AvgIpc) is 3.11. The first kappa shape index (κ1) is 18.1. The highest BCUT2D eigenvalue weighted by molar-refractivity contribution is 5.92. The molecule has 3 saturated carbocycles. The lowest BCUT2D eigenvalue weighted by Gasteiger charge is -2.57. The normalized spacial score (nSPS) is 53.7. The molecule has 4 aliphatic carbocycles. The summed E-state index contributed by atoms with van der Waals surface area (Å²) in [5.41, 5.74) is 1.89. The molecule has 0 radical (unpaired) electrons. The Kier molecular flexibility index (Phi) is 3.83. The maximum Gasteiger partial charge on any atom is 0.160 e. The summed E-state index contributed by atoms with van der Waals surface area (Å²) in [7, 11) is 0. The first-order valence-corrected chi connectivity index (χ1v) is 11.6. The highest BCUT2D eigenvalue weighted by atomic mass is 16.7. The van der Waals surface area contributed by atoms with E-state index < -0.39 is 0 Å². The van der Waals surface area contributed by atoms with E-state index >= 15 is 0 Å². The largest absolute Gasteiger partial charge is 0.365 e. The van der Waals surface area contributed by atoms with E-state index in [0.29, 0.717) is 41.0 Å². The van der Waals surface area contributed by atoms with E-state index in [9.17, 15) is 4.79 Å². The van der Waals surface area contributed by atoms with Gasteiger partial charge in [0.25, 0.3) is 0 Å². The van der Waals surface area contributed by atoms with Crippen LogP contribution in [0.1, 0.15) is 59.3 Å². The Hall–Kier alpha value is -0.710. The van der Waals surface area contributed by atoms with Crippen LogP contribution in [-0.4, -0.2) is 37.5 Å². The molecule has 0 aromatic carbocycles. The number of hydrogen-bond acceptors (Lipinski definition) is 4. The van der Waals surface area contributed by atoms with Crippen LogP contribution in [0.5, 0.6) is 0 Å². The van der Waals surface area contributed by atoms with Crippen molar-refractivity contribution >= 4 is 5.78 Å². The number of ketones is 1. The van der Waals surface area contributed by atoms with Crippen molar-refractivity contribution < 1.29 is 19.0 Å². The number of carbonyl (C=O) groups excluding carboxylic acids is 1. The maximum absolute atomic E-state index is 12.1. The summed E-state index contributed by atoms with van der Waals surface area (Å²) in [4.78, 5) is 12.1. The lowest BCUT2D eigenvalue weighted by Crippen LogP contribution is -2.54. The van der Waals surface area contributed by atoms with Crippen molar-refractivity contribution in [1.82, 2.24) is 0 Å². The summed E-state index contributed by atoms with van der Waals surface area (Å²) in [6.07, 6.45) is 9.50. The summed E-state index contributed by atoms with van der Waals surface area (Å²) >= 11 is 0. The molecular formula is C24H34O4. The molecule has 6 rings (SSSR count). The zero-order valence-electron chi connectivity index (χ0n) is 17.5. The van der Waals surface area contributed by atoms with Crippen LogP contribution in [0.4, 0.5) is 0 Å². The minimum absolute atomic E-state index is 0.00834. The van der Waals surface area contributed by atoms with E-state index in [1.54, 1.807) is 0 Å². The Morgan fingerprint density at radius 2 is 1.86 bits per heavy atom. The molecule has 154 valence electrons. The summed E-state index contributed by atoms with van der Waals surface area (Å²) in [6, 6.07) is 0. The fourth-order valence-corrected chi connectivity index (χ4v) is 8.58. The number of carbonyl (C=O) groups is 1. The fourth-order valence-electron chi connectivity index (χ4n) is 8.58. The Morgan fingerprint density at radius 3 is 2.64 bits per heavy atom. The lowest BCUT2D eigenvalue weighted by molar-refractivity contribution is -0.125. The second-order valence-electron chi connectivity index (χ2n) is 11.0. The van der Waals surface area contributed by atoms with E-state index in [2.05, 4.69) is 20.8 Å². The van der Waals surface area contributed by atoms with Crippen LogP contribution in [0, 0.1) is 40.4 Å². The van der Waals surface area contributed by atoms with Gasteiger partial charge in [-0.2, -0.15) is 0 Å². The molecule has 0 N–H and O–H groups in total. The van der Waals surface area contributed by atoms with Crippen LogP contribution in [0.3, 0.4) is 0 Å². The summed E-state index contributed by atoms with van der Waals surface area (Å²) in [5, 5.41) is 0. The van der Waals surface area contributed by atoms with Crippen molar-refractivity contribution in [3.05, 3.63) is 11.6 Å². The summed E-state index contributed by atoms with van der Waals surface area (Å²) in [5.74, 6) is 3.55. The van der Waals surface area contributed by atoms with E-state index in [1.165, 1.54) is 31.3 Å². The maximum atomic E-state index is 12.1. The molecule has 0 amide bonds. The average molecular weight is 387 g/mol. The molecule has 0 aromatic heterocycles. The van der Waals surface area contributed by atoms with Crippen LogP contribution in [0.2, 0.25) is 0 Å². The summed E-state index contributed by atoms with van der Waals surface area (Å²) < 4.78 is 18.1. The zero-order valence-corrected chi connectivity index (χ0v) is 17.5. The monoisotopic (exact) mass is 386 g/mol. The molecule has 4 nitrogen and oxygen atoms in total. The van der Waals surface area contributed by atoms with Crippen LogP contribution in [-0.2, 0) is 19.0 Å². The molecule has 2 saturated heterocycles. The molecule has 6 aliphatic rings. The van der Waals surface area contributed by atoms with Gasteiger partial charge in [-0.3, -0.25) is 4.79 Å². The van der Waals surface area contributed by atoms with Gasteiger partial charge in [0.2, 0.25) is 0 Å².